The molecule has 6 rings (SSSR count). The lowest BCUT2D eigenvalue weighted by Crippen LogP contribution is -2.47. The van der Waals surface area contributed by atoms with E-state index in [0.29, 0.717) is 0 Å². The number of nitrogens with zero attached hydrogens (tertiary/aromatic N) is 5. The SMILES string of the molecule is C=C(C)CCC(C)(C)Cc1c(-c2cc(N3CCN(C4CC4)CC3)cnc2C(C)N)n(CC)c2ccc(N3CCCCC3)cc12. The van der Waals surface area contributed by atoms with Crippen LogP contribution >= 0.6 is 0 Å². The molecule has 1 aliphatic carbocycles. The molecule has 6 heteroatoms. The zero-order valence-electron chi connectivity index (χ0n) is 28.2. The molecule has 4 heterocycles. The van der Waals surface area contributed by atoms with Gasteiger partial charge in [-0.2, -0.15) is 0 Å². The Bertz CT molecular complexity index is 1460. The molecular formula is C38H56N6. The summed E-state index contributed by atoms with van der Waals surface area (Å²) in [6, 6.07) is 10.4. The topological polar surface area (TPSA) is 53.6 Å². The first kappa shape index (κ1) is 31.2. The van der Waals surface area contributed by atoms with Crippen LogP contribution in [0, 0.1) is 5.41 Å². The highest BCUT2D eigenvalue weighted by molar-refractivity contribution is 5.95. The van der Waals surface area contributed by atoms with Gasteiger partial charge in [-0.15, -0.1) is 6.58 Å². The molecule has 0 spiro atoms. The molecule has 0 amide bonds. The first-order valence-corrected chi connectivity index (χ1v) is 17.4. The number of anilines is 2. The van der Waals surface area contributed by atoms with Crippen molar-refractivity contribution in [2.45, 2.75) is 105 Å². The summed E-state index contributed by atoms with van der Waals surface area (Å²) in [5.41, 5.74) is 17.0. The van der Waals surface area contributed by atoms with Crippen molar-refractivity contribution in [3.8, 4) is 11.3 Å². The highest BCUT2D eigenvalue weighted by Crippen LogP contribution is 2.43. The lowest BCUT2D eigenvalue weighted by Gasteiger charge is -2.36. The number of nitrogens with two attached hydrogens (primary N) is 1. The standard InChI is InChI=1S/C38H56N6/c1-7-44-35-14-13-30(41-17-9-8-10-18-41)23-32(35)34(25-38(5,6)16-15-27(2)3)37(44)33-24-31(26-40-36(33)28(4)39)43-21-19-42(20-22-43)29-11-12-29/h13-14,23-24,26,28-29H,2,7-12,15-22,25,39H2,1,3-6H3. The van der Waals surface area contributed by atoms with Crippen molar-refractivity contribution in [1.82, 2.24) is 14.5 Å². The van der Waals surface area contributed by atoms with Crippen LogP contribution < -0.4 is 15.5 Å². The van der Waals surface area contributed by atoms with Crippen LogP contribution in [0.3, 0.4) is 0 Å². The van der Waals surface area contributed by atoms with Gasteiger partial charge in [0.1, 0.15) is 0 Å². The summed E-state index contributed by atoms with van der Waals surface area (Å²) >= 11 is 0. The Hall–Kier alpha value is -2.83. The maximum atomic E-state index is 6.70. The van der Waals surface area contributed by atoms with Gasteiger partial charge in [0.2, 0.25) is 0 Å². The second-order valence-electron chi connectivity index (χ2n) is 14.8. The predicted molar refractivity (Wildman–Crippen MR) is 188 cm³/mol. The largest absolute Gasteiger partial charge is 0.372 e. The van der Waals surface area contributed by atoms with Crippen molar-refractivity contribution < 1.29 is 0 Å². The van der Waals surface area contributed by atoms with Gasteiger partial charge in [-0.05, 0) is 107 Å². The number of fused-ring (bicyclic) bond motifs is 1. The number of pyridine rings is 1. The van der Waals surface area contributed by atoms with Crippen LogP contribution in [0.5, 0.6) is 0 Å². The number of benzene rings is 1. The number of rotatable bonds is 11. The molecule has 0 radical (unpaired) electrons. The number of aryl methyl sites for hydroxylation is 1. The molecule has 1 aromatic carbocycles. The average Bonchev–Trinajstić information content (AvgIpc) is 3.83. The number of piperazine rings is 1. The second-order valence-corrected chi connectivity index (χ2v) is 14.8. The third kappa shape index (κ3) is 6.57. The van der Waals surface area contributed by atoms with Crippen molar-refractivity contribution in [2.24, 2.45) is 11.1 Å². The summed E-state index contributed by atoms with van der Waals surface area (Å²) in [6.45, 7) is 23.3. The monoisotopic (exact) mass is 596 g/mol. The Kier molecular flexibility index (Phi) is 9.12. The third-order valence-corrected chi connectivity index (χ3v) is 10.4. The Labute approximate surface area is 266 Å². The van der Waals surface area contributed by atoms with Crippen molar-refractivity contribution in [1.29, 1.82) is 0 Å². The minimum absolute atomic E-state index is 0.125. The molecule has 44 heavy (non-hydrogen) atoms. The van der Waals surface area contributed by atoms with Gasteiger partial charge in [-0.25, -0.2) is 0 Å². The van der Waals surface area contributed by atoms with E-state index in [1.807, 2.05) is 0 Å². The fraction of sp³-hybridized carbons (Fsp3) is 0.605. The molecular weight excluding hydrogens is 540 g/mol. The number of allylic oxidation sites excluding steroid dienone is 1. The molecule has 2 aromatic heterocycles. The molecule has 1 unspecified atom stereocenters. The van der Waals surface area contributed by atoms with Crippen molar-refractivity contribution in [3.05, 3.63) is 53.9 Å². The summed E-state index contributed by atoms with van der Waals surface area (Å²) < 4.78 is 2.55. The Balaban J connectivity index is 1.48. The van der Waals surface area contributed by atoms with E-state index < -0.39 is 0 Å². The zero-order valence-corrected chi connectivity index (χ0v) is 28.2. The van der Waals surface area contributed by atoms with Gasteiger partial charge in [-0.3, -0.25) is 9.88 Å². The molecule has 1 saturated carbocycles. The number of piperidine rings is 1. The normalized spacial score (nSPS) is 19.1. The van der Waals surface area contributed by atoms with Crippen molar-refractivity contribution in [3.63, 3.8) is 0 Å². The molecule has 2 N–H and O–H groups in total. The van der Waals surface area contributed by atoms with E-state index in [-0.39, 0.29) is 11.5 Å². The van der Waals surface area contributed by atoms with Crippen LogP contribution in [-0.2, 0) is 13.0 Å². The second kappa shape index (κ2) is 12.9. The zero-order chi connectivity index (χ0) is 31.0. The summed E-state index contributed by atoms with van der Waals surface area (Å²) in [5, 5.41) is 1.40. The van der Waals surface area contributed by atoms with Gasteiger partial charge in [0.15, 0.2) is 0 Å². The third-order valence-electron chi connectivity index (χ3n) is 10.4. The van der Waals surface area contributed by atoms with E-state index in [1.54, 1.807) is 0 Å². The quantitative estimate of drug-likeness (QED) is 0.228. The molecule has 3 aliphatic rings. The van der Waals surface area contributed by atoms with Crippen LogP contribution in [-0.4, -0.2) is 59.8 Å². The van der Waals surface area contributed by atoms with Crippen molar-refractivity contribution >= 4 is 22.3 Å². The molecule has 2 saturated heterocycles. The molecule has 2 aliphatic heterocycles. The Morgan fingerprint density at radius 3 is 2.34 bits per heavy atom. The van der Waals surface area contributed by atoms with E-state index in [1.165, 1.54) is 76.8 Å². The van der Waals surface area contributed by atoms with E-state index in [4.69, 9.17) is 10.7 Å². The average molecular weight is 597 g/mol. The number of hydrogen-bond acceptors (Lipinski definition) is 5. The van der Waals surface area contributed by atoms with E-state index in [2.05, 4.69) is 90.9 Å². The minimum atomic E-state index is -0.151. The highest BCUT2D eigenvalue weighted by Gasteiger charge is 2.32. The van der Waals surface area contributed by atoms with E-state index in [9.17, 15) is 0 Å². The summed E-state index contributed by atoms with van der Waals surface area (Å²) in [4.78, 5) is 12.9. The van der Waals surface area contributed by atoms with Gasteiger partial charge in [0.05, 0.1) is 23.3 Å². The molecule has 238 valence electrons. The van der Waals surface area contributed by atoms with Crippen LogP contribution in [0.1, 0.15) is 96.9 Å². The smallest absolute Gasteiger partial charge is 0.0663 e. The van der Waals surface area contributed by atoms with Gasteiger partial charge in [-0.1, -0.05) is 19.4 Å². The maximum absolute atomic E-state index is 6.70. The fourth-order valence-corrected chi connectivity index (χ4v) is 7.67. The predicted octanol–water partition coefficient (Wildman–Crippen LogP) is 7.94. The van der Waals surface area contributed by atoms with Gasteiger partial charge >= 0.3 is 0 Å². The van der Waals surface area contributed by atoms with Gasteiger partial charge < -0.3 is 20.1 Å². The molecule has 3 aromatic rings. The minimum Gasteiger partial charge on any atom is -0.372 e. The Morgan fingerprint density at radius 1 is 1.00 bits per heavy atom. The lowest BCUT2D eigenvalue weighted by molar-refractivity contribution is 0.248. The number of aromatic nitrogens is 2. The molecule has 3 fully saturated rings. The van der Waals surface area contributed by atoms with Gasteiger partial charge in [0.25, 0.3) is 0 Å². The number of hydrogen-bond donors (Lipinski definition) is 1. The van der Waals surface area contributed by atoms with Crippen molar-refractivity contribution in [2.75, 3.05) is 49.1 Å². The molecule has 6 nitrogen and oxygen atoms in total. The van der Waals surface area contributed by atoms with Crippen LogP contribution in [0.4, 0.5) is 11.4 Å². The highest BCUT2D eigenvalue weighted by atomic mass is 15.3. The lowest BCUT2D eigenvalue weighted by atomic mass is 9.79. The van der Waals surface area contributed by atoms with E-state index >= 15 is 0 Å². The van der Waals surface area contributed by atoms with Crippen LogP contribution in [0.15, 0.2) is 42.6 Å². The summed E-state index contributed by atoms with van der Waals surface area (Å²) in [7, 11) is 0. The fourth-order valence-electron chi connectivity index (χ4n) is 7.67. The summed E-state index contributed by atoms with van der Waals surface area (Å²) in [5.74, 6) is 0. The summed E-state index contributed by atoms with van der Waals surface area (Å²) in [6.07, 6.45) is 11.9. The first-order chi connectivity index (χ1) is 21.1. The first-order valence-electron chi connectivity index (χ1n) is 17.4. The molecule has 0 bridgehead atoms. The Morgan fingerprint density at radius 2 is 1.70 bits per heavy atom. The van der Waals surface area contributed by atoms with E-state index in [0.717, 1.165) is 76.8 Å². The van der Waals surface area contributed by atoms with Crippen LogP contribution in [0.2, 0.25) is 0 Å². The van der Waals surface area contributed by atoms with Gasteiger partial charge in [0, 0.05) is 80.1 Å². The maximum Gasteiger partial charge on any atom is 0.0663 e. The van der Waals surface area contributed by atoms with Crippen LogP contribution in [0.25, 0.3) is 22.2 Å². The molecule has 1 atom stereocenters.